The Hall–Kier alpha value is -1.23. The van der Waals surface area contributed by atoms with Crippen molar-refractivity contribution in [3.8, 4) is 0 Å². The highest BCUT2D eigenvalue weighted by atomic mass is 32.1. The highest BCUT2D eigenvalue weighted by molar-refractivity contribution is 7.82. The number of carboxylic acid groups (broad SMARTS) is 2. The van der Waals surface area contributed by atoms with Gasteiger partial charge in [0.2, 0.25) is 0 Å². The molecule has 0 amide bonds. The summed E-state index contributed by atoms with van der Waals surface area (Å²) in [5.74, 6) is -3.12. The average molecular weight is 228 g/mol. The van der Waals surface area contributed by atoms with Crippen molar-refractivity contribution < 1.29 is 19.8 Å². The number of thiol groups is 1. The van der Waals surface area contributed by atoms with Crippen molar-refractivity contribution in [2.75, 3.05) is 0 Å². The Morgan fingerprint density at radius 1 is 1.47 bits per heavy atom. The van der Waals surface area contributed by atoms with Crippen LogP contribution in [0.5, 0.6) is 0 Å². The summed E-state index contributed by atoms with van der Waals surface area (Å²) >= 11 is 4.18. The lowest BCUT2D eigenvalue weighted by atomic mass is 9.79. The van der Waals surface area contributed by atoms with Crippen molar-refractivity contribution in [1.29, 1.82) is 0 Å². The van der Waals surface area contributed by atoms with Gasteiger partial charge in [0, 0.05) is 0 Å². The summed E-state index contributed by atoms with van der Waals surface area (Å²) in [5.41, 5.74) is 0.582. The van der Waals surface area contributed by atoms with Crippen molar-refractivity contribution in [3.63, 3.8) is 0 Å². The summed E-state index contributed by atoms with van der Waals surface area (Å²) in [5, 5.41) is 18.0. The normalized spacial score (nSPS) is 30.5. The summed E-state index contributed by atoms with van der Waals surface area (Å²) in [4.78, 5) is 21.9. The van der Waals surface area contributed by atoms with Gasteiger partial charge in [-0.25, -0.2) is 4.79 Å². The van der Waals surface area contributed by atoms with Crippen molar-refractivity contribution in [3.05, 3.63) is 23.3 Å². The summed E-state index contributed by atoms with van der Waals surface area (Å²) in [6, 6.07) is 0. The fraction of sp³-hybridized carbons (Fsp3) is 0.400. The molecule has 0 spiro atoms. The molecular formula is C10H12O4S. The van der Waals surface area contributed by atoms with Gasteiger partial charge < -0.3 is 10.2 Å². The summed E-state index contributed by atoms with van der Waals surface area (Å²) in [6.45, 7) is 3.14. The van der Waals surface area contributed by atoms with E-state index in [2.05, 4.69) is 12.6 Å². The Balaban J connectivity index is 3.29. The zero-order chi connectivity index (χ0) is 11.8. The predicted molar refractivity (Wildman–Crippen MR) is 58.0 cm³/mol. The molecule has 0 fully saturated rings. The molecule has 0 aromatic heterocycles. The van der Waals surface area contributed by atoms with Crippen LogP contribution in [0.25, 0.3) is 0 Å². The molecule has 4 nitrogen and oxygen atoms in total. The molecule has 0 aromatic carbocycles. The van der Waals surface area contributed by atoms with E-state index in [4.69, 9.17) is 10.2 Å². The smallest absolute Gasteiger partial charge is 0.333 e. The van der Waals surface area contributed by atoms with Crippen LogP contribution in [0.1, 0.15) is 13.8 Å². The Labute approximate surface area is 92.7 Å². The lowest BCUT2D eigenvalue weighted by Gasteiger charge is -2.33. The number of allylic oxidation sites excluding steroid dienone is 2. The van der Waals surface area contributed by atoms with E-state index in [1.165, 1.54) is 19.1 Å². The second kappa shape index (κ2) is 3.73. The van der Waals surface area contributed by atoms with Crippen molar-refractivity contribution in [1.82, 2.24) is 0 Å². The van der Waals surface area contributed by atoms with E-state index in [0.717, 1.165) is 0 Å². The molecule has 1 aliphatic rings. The van der Waals surface area contributed by atoms with Gasteiger partial charge in [0.15, 0.2) is 0 Å². The monoisotopic (exact) mass is 228 g/mol. The summed E-state index contributed by atoms with van der Waals surface area (Å²) in [6.07, 6.45) is 2.98. The topological polar surface area (TPSA) is 74.6 Å². The highest BCUT2D eigenvalue weighted by Crippen LogP contribution is 2.39. The lowest BCUT2D eigenvalue weighted by Crippen LogP contribution is -2.40. The van der Waals surface area contributed by atoms with E-state index in [0.29, 0.717) is 5.57 Å². The first-order valence-corrected chi connectivity index (χ1v) is 4.81. The number of hydrogen-bond acceptors (Lipinski definition) is 3. The van der Waals surface area contributed by atoms with Crippen LogP contribution in [-0.4, -0.2) is 26.9 Å². The van der Waals surface area contributed by atoms with E-state index < -0.39 is 22.6 Å². The maximum Gasteiger partial charge on any atom is 0.333 e. The fourth-order valence-corrected chi connectivity index (χ4v) is 2.24. The minimum Gasteiger partial charge on any atom is -0.481 e. The number of aliphatic carboxylic acids is 2. The molecule has 0 aromatic rings. The van der Waals surface area contributed by atoms with Crippen LogP contribution in [0.4, 0.5) is 0 Å². The zero-order valence-electron chi connectivity index (χ0n) is 8.39. The average Bonchev–Trinajstić information content (AvgIpc) is 1.99. The molecule has 1 rings (SSSR count). The van der Waals surface area contributed by atoms with Gasteiger partial charge in [0.1, 0.15) is 0 Å². The molecular weight excluding hydrogens is 216 g/mol. The Morgan fingerprint density at radius 2 is 2.00 bits per heavy atom. The van der Waals surface area contributed by atoms with Gasteiger partial charge in [-0.2, -0.15) is 12.6 Å². The first-order chi connectivity index (χ1) is 6.78. The molecule has 0 saturated carbocycles. The third kappa shape index (κ3) is 1.92. The maximum atomic E-state index is 11.0. The molecule has 82 valence electrons. The molecule has 15 heavy (non-hydrogen) atoms. The molecule has 0 bridgehead atoms. The minimum atomic E-state index is -1.18. The Morgan fingerprint density at radius 3 is 2.40 bits per heavy atom. The van der Waals surface area contributed by atoms with Gasteiger partial charge in [-0.1, -0.05) is 12.2 Å². The molecule has 0 heterocycles. The van der Waals surface area contributed by atoms with Crippen LogP contribution in [0.15, 0.2) is 23.3 Å². The quantitative estimate of drug-likeness (QED) is 0.624. The fourth-order valence-electron chi connectivity index (χ4n) is 1.77. The van der Waals surface area contributed by atoms with Crippen molar-refractivity contribution in [2.24, 2.45) is 5.92 Å². The van der Waals surface area contributed by atoms with Gasteiger partial charge in [0.05, 0.1) is 16.2 Å². The Kier molecular flexibility index (Phi) is 2.95. The van der Waals surface area contributed by atoms with E-state index in [1.54, 1.807) is 6.92 Å². The van der Waals surface area contributed by atoms with E-state index in [9.17, 15) is 9.59 Å². The second-order valence-electron chi connectivity index (χ2n) is 3.69. The zero-order valence-corrected chi connectivity index (χ0v) is 9.28. The van der Waals surface area contributed by atoms with Crippen LogP contribution < -0.4 is 0 Å². The lowest BCUT2D eigenvalue weighted by molar-refractivity contribution is -0.140. The molecule has 2 unspecified atom stereocenters. The number of carboxylic acids is 2. The van der Waals surface area contributed by atoms with Gasteiger partial charge in [0.25, 0.3) is 0 Å². The third-order valence-corrected chi connectivity index (χ3v) is 3.03. The molecule has 0 aliphatic heterocycles. The predicted octanol–water partition coefficient (Wildman–Crippen LogP) is 1.35. The molecule has 2 atom stereocenters. The molecule has 1 aliphatic carbocycles. The van der Waals surface area contributed by atoms with Crippen LogP contribution in [0.3, 0.4) is 0 Å². The number of carbonyl (C=O) groups is 2. The van der Waals surface area contributed by atoms with Gasteiger partial charge in [-0.15, -0.1) is 0 Å². The number of hydrogen-bond donors (Lipinski definition) is 3. The molecule has 2 N–H and O–H groups in total. The van der Waals surface area contributed by atoms with Crippen LogP contribution in [0.2, 0.25) is 0 Å². The third-order valence-electron chi connectivity index (χ3n) is 2.52. The van der Waals surface area contributed by atoms with Crippen LogP contribution >= 0.6 is 12.6 Å². The standard InChI is InChI=1S/C10H12O4S/c1-5-3-4-6(8(11)12)10(2,15)7(5)9(13)14/h3-4,6,15H,1-2H3,(H,11,12)(H,13,14). The van der Waals surface area contributed by atoms with Crippen LogP contribution in [0, 0.1) is 5.92 Å². The Bertz CT molecular complexity index is 379. The van der Waals surface area contributed by atoms with Crippen molar-refractivity contribution in [2.45, 2.75) is 18.6 Å². The van der Waals surface area contributed by atoms with Gasteiger partial charge >= 0.3 is 11.9 Å². The van der Waals surface area contributed by atoms with Gasteiger partial charge in [-0.3, -0.25) is 4.79 Å². The molecule has 0 saturated heterocycles. The summed E-state index contributed by atoms with van der Waals surface area (Å²) in [7, 11) is 0. The van der Waals surface area contributed by atoms with Gasteiger partial charge in [-0.05, 0) is 19.4 Å². The van der Waals surface area contributed by atoms with E-state index in [-0.39, 0.29) is 5.57 Å². The van der Waals surface area contributed by atoms with Crippen LogP contribution in [-0.2, 0) is 9.59 Å². The SMILES string of the molecule is CC1=C(C(=O)O)C(C)(S)C(C(=O)O)C=C1. The van der Waals surface area contributed by atoms with E-state index >= 15 is 0 Å². The highest BCUT2D eigenvalue weighted by Gasteiger charge is 2.43. The first kappa shape index (κ1) is 11.8. The minimum absolute atomic E-state index is 0.0423. The molecule has 0 radical (unpaired) electrons. The number of rotatable bonds is 2. The van der Waals surface area contributed by atoms with E-state index in [1.807, 2.05) is 0 Å². The molecule has 5 heteroatoms. The van der Waals surface area contributed by atoms with Crippen molar-refractivity contribution >= 4 is 24.6 Å². The largest absolute Gasteiger partial charge is 0.481 e. The second-order valence-corrected chi connectivity index (χ2v) is 4.61. The summed E-state index contributed by atoms with van der Waals surface area (Å²) < 4.78 is -1.18. The first-order valence-electron chi connectivity index (χ1n) is 4.36. The maximum absolute atomic E-state index is 11.0.